The number of nitrogens with one attached hydrogen (secondary N) is 2. The Hall–Kier alpha value is -3.94. The summed E-state index contributed by atoms with van der Waals surface area (Å²) >= 11 is 0. The maximum absolute atomic E-state index is 12.4. The summed E-state index contributed by atoms with van der Waals surface area (Å²) in [5, 5.41) is 4.23. The van der Waals surface area contributed by atoms with Crippen molar-refractivity contribution in [3.8, 4) is 5.69 Å². The quantitative estimate of drug-likeness (QED) is 0.471. The first kappa shape index (κ1) is 21.8. The van der Waals surface area contributed by atoms with E-state index in [2.05, 4.69) is 16.0 Å². The summed E-state index contributed by atoms with van der Waals surface area (Å²) in [7, 11) is 0. The molecule has 0 radical (unpaired) electrons. The first-order chi connectivity index (χ1) is 14.9. The molecule has 0 saturated heterocycles. The zero-order valence-corrected chi connectivity index (χ0v) is 17.6. The summed E-state index contributed by atoms with van der Waals surface area (Å²) in [6, 6.07) is 13.8. The molecule has 0 saturated carbocycles. The molecule has 2 aromatic carbocycles. The number of nitrogens with zero attached hydrogens (tertiary/aromatic N) is 2. The molecule has 8 nitrogen and oxygen atoms in total. The lowest BCUT2D eigenvalue weighted by Crippen LogP contribution is -2.41. The largest absolute Gasteiger partial charge is 0.462 e. The van der Waals surface area contributed by atoms with Gasteiger partial charge in [-0.2, -0.15) is 5.10 Å². The van der Waals surface area contributed by atoms with Gasteiger partial charge in [0, 0.05) is 11.1 Å². The molecule has 8 heteroatoms. The molecule has 0 unspecified atom stereocenters. The van der Waals surface area contributed by atoms with E-state index in [9.17, 15) is 14.4 Å². The third kappa shape index (κ3) is 4.98. The van der Waals surface area contributed by atoms with E-state index in [1.165, 1.54) is 6.20 Å². The lowest BCUT2D eigenvalue weighted by Gasteiger charge is -2.09. The molecule has 0 fully saturated rings. The van der Waals surface area contributed by atoms with Crippen molar-refractivity contribution in [3.05, 3.63) is 82.7 Å². The summed E-state index contributed by atoms with van der Waals surface area (Å²) in [5.74, 6) is -1.27. The van der Waals surface area contributed by atoms with Crippen molar-refractivity contribution in [2.24, 2.45) is 0 Å². The molecule has 0 bridgehead atoms. The number of aryl methyl sites for hydroxylation is 1. The Labute approximate surface area is 180 Å². The highest BCUT2D eigenvalue weighted by Crippen LogP contribution is 2.16. The van der Waals surface area contributed by atoms with Crippen molar-refractivity contribution in [3.63, 3.8) is 0 Å². The van der Waals surface area contributed by atoms with Crippen molar-refractivity contribution in [1.82, 2.24) is 20.6 Å². The number of amides is 2. The number of carbonyl (C=O) groups excluding carboxylic acids is 3. The smallest absolute Gasteiger partial charge is 0.341 e. The van der Waals surface area contributed by atoms with Gasteiger partial charge in [0.1, 0.15) is 5.56 Å². The number of esters is 1. The summed E-state index contributed by atoms with van der Waals surface area (Å²) in [6.45, 7) is 5.83. The van der Waals surface area contributed by atoms with Gasteiger partial charge in [0.15, 0.2) is 0 Å². The normalized spacial score (nSPS) is 10.4. The SMILES string of the molecule is CCOC(=O)c1cnn(-c2ccc(C(=O)NNC(=O)c3ccc(CC)cc3)cc2)c1C. The molecule has 3 rings (SSSR count). The zero-order valence-electron chi connectivity index (χ0n) is 17.6. The Balaban J connectivity index is 1.64. The second-order valence-corrected chi connectivity index (χ2v) is 6.78. The van der Waals surface area contributed by atoms with E-state index in [1.807, 2.05) is 19.1 Å². The van der Waals surface area contributed by atoms with Gasteiger partial charge in [0.05, 0.1) is 24.2 Å². The van der Waals surface area contributed by atoms with E-state index in [1.54, 1.807) is 54.9 Å². The molecule has 0 atom stereocenters. The van der Waals surface area contributed by atoms with Gasteiger partial charge >= 0.3 is 5.97 Å². The second kappa shape index (κ2) is 9.71. The van der Waals surface area contributed by atoms with Gasteiger partial charge in [-0.1, -0.05) is 19.1 Å². The summed E-state index contributed by atoms with van der Waals surface area (Å²) in [4.78, 5) is 36.5. The molecule has 1 aromatic heterocycles. The van der Waals surface area contributed by atoms with Crippen molar-refractivity contribution < 1.29 is 19.1 Å². The van der Waals surface area contributed by atoms with E-state index in [4.69, 9.17) is 4.74 Å². The lowest BCUT2D eigenvalue weighted by atomic mass is 10.1. The predicted octanol–water partition coefficient (Wildman–Crippen LogP) is 2.99. The third-order valence-corrected chi connectivity index (χ3v) is 4.79. The van der Waals surface area contributed by atoms with Crippen LogP contribution in [0.5, 0.6) is 0 Å². The number of carbonyl (C=O) groups is 3. The number of rotatable bonds is 6. The van der Waals surface area contributed by atoms with E-state index in [0.29, 0.717) is 28.1 Å². The van der Waals surface area contributed by atoms with Crippen LogP contribution in [-0.4, -0.2) is 34.2 Å². The fraction of sp³-hybridized carbons (Fsp3) is 0.217. The van der Waals surface area contributed by atoms with Gasteiger partial charge < -0.3 is 4.74 Å². The number of benzene rings is 2. The summed E-state index contributed by atoms with van der Waals surface area (Å²) in [6.07, 6.45) is 2.34. The van der Waals surface area contributed by atoms with E-state index >= 15 is 0 Å². The molecule has 0 aliphatic heterocycles. The number of ether oxygens (including phenoxy) is 1. The first-order valence-corrected chi connectivity index (χ1v) is 9.96. The number of hydrazine groups is 1. The van der Waals surface area contributed by atoms with Crippen LogP contribution in [0, 0.1) is 6.92 Å². The van der Waals surface area contributed by atoms with Crippen molar-refractivity contribution >= 4 is 17.8 Å². The third-order valence-electron chi connectivity index (χ3n) is 4.79. The molecule has 3 aromatic rings. The fourth-order valence-corrected chi connectivity index (χ4v) is 2.98. The van der Waals surface area contributed by atoms with Crippen molar-refractivity contribution in [2.45, 2.75) is 27.2 Å². The van der Waals surface area contributed by atoms with E-state index in [-0.39, 0.29) is 6.61 Å². The van der Waals surface area contributed by atoms with Gasteiger partial charge in [-0.05, 0) is 62.2 Å². The van der Waals surface area contributed by atoms with Crippen LogP contribution in [0.1, 0.15) is 56.2 Å². The summed E-state index contributed by atoms with van der Waals surface area (Å²) in [5.41, 5.74) is 8.47. The first-order valence-electron chi connectivity index (χ1n) is 9.96. The minimum absolute atomic E-state index is 0.286. The van der Waals surface area contributed by atoms with Gasteiger partial charge in [0.25, 0.3) is 11.8 Å². The van der Waals surface area contributed by atoms with Crippen LogP contribution in [-0.2, 0) is 11.2 Å². The highest BCUT2D eigenvalue weighted by Gasteiger charge is 2.16. The molecule has 0 aliphatic carbocycles. The minimum Gasteiger partial charge on any atom is -0.462 e. The molecule has 31 heavy (non-hydrogen) atoms. The molecule has 160 valence electrons. The van der Waals surface area contributed by atoms with Crippen LogP contribution in [0.25, 0.3) is 5.69 Å². The van der Waals surface area contributed by atoms with Gasteiger partial charge in [-0.3, -0.25) is 20.4 Å². The van der Waals surface area contributed by atoms with Crippen LogP contribution in [0.3, 0.4) is 0 Å². The Bertz CT molecular complexity index is 1090. The van der Waals surface area contributed by atoms with Crippen LogP contribution in [0.4, 0.5) is 0 Å². The molecule has 2 amide bonds. The molecule has 1 heterocycles. The number of hydrogen-bond acceptors (Lipinski definition) is 5. The number of aromatic nitrogens is 2. The molecule has 0 aliphatic rings. The van der Waals surface area contributed by atoms with Crippen molar-refractivity contribution in [1.29, 1.82) is 0 Å². The van der Waals surface area contributed by atoms with Crippen LogP contribution in [0.15, 0.2) is 54.7 Å². The average molecular weight is 420 g/mol. The molecular formula is C23H24N4O4. The van der Waals surface area contributed by atoms with Crippen LogP contribution >= 0.6 is 0 Å². The van der Waals surface area contributed by atoms with Crippen molar-refractivity contribution in [2.75, 3.05) is 6.61 Å². The maximum atomic E-state index is 12.4. The average Bonchev–Trinajstić information content (AvgIpc) is 3.19. The van der Waals surface area contributed by atoms with Gasteiger partial charge in [-0.15, -0.1) is 0 Å². The molecule has 2 N–H and O–H groups in total. The highest BCUT2D eigenvalue weighted by molar-refractivity contribution is 5.99. The Morgan fingerprint density at radius 2 is 1.45 bits per heavy atom. The Morgan fingerprint density at radius 1 is 0.903 bits per heavy atom. The van der Waals surface area contributed by atoms with Gasteiger partial charge in [0.2, 0.25) is 0 Å². The number of hydrogen-bond donors (Lipinski definition) is 2. The van der Waals surface area contributed by atoms with Crippen LogP contribution < -0.4 is 10.9 Å². The summed E-state index contributed by atoms with van der Waals surface area (Å²) < 4.78 is 6.61. The Kier molecular flexibility index (Phi) is 6.81. The maximum Gasteiger partial charge on any atom is 0.341 e. The second-order valence-electron chi connectivity index (χ2n) is 6.78. The fourth-order valence-electron chi connectivity index (χ4n) is 2.98. The Morgan fingerprint density at radius 3 is 1.97 bits per heavy atom. The highest BCUT2D eigenvalue weighted by atomic mass is 16.5. The molecular weight excluding hydrogens is 396 g/mol. The molecule has 0 spiro atoms. The topological polar surface area (TPSA) is 102 Å². The van der Waals surface area contributed by atoms with E-state index in [0.717, 1.165) is 12.0 Å². The standard InChI is InChI=1S/C23H24N4O4/c1-4-16-6-8-17(9-7-16)21(28)25-26-22(29)18-10-12-19(13-11-18)27-15(3)20(14-24-27)23(30)31-5-2/h6-14H,4-5H2,1-3H3,(H,25,28)(H,26,29). The van der Waals surface area contributed by atoms with Crippen LogP contribution in [0.2, 0.25) is 0 Å². The monoisotopic (exact) mass is 420 g/mol. The lowest BCUT2D eigenvalue weighted by molar-refractivity contribution is 0.0525. The predicted molar refractivity (Wildman–Crippen MR) is 115 cm³/mol. The van der Waals surface area contributed by atoms with E-state index < -0.39 is 17.8 Å². The zero-order chi connectivity index (χ0) is 22.4. The van der Waals surface area contributed by atoms with Gasteiger partial charge in [-0.25, -0.2) is 9.48 Å². The minimum atomic E-state index is -0.450.